The fourth-order valence-electron chi connectivity index (χ4n) is 1.98. The van der Waals surface area contributed by atoms with Crippen molar-refractivity contribution in [2.75, 3.05) is 18.6 Å². The fraction of sp³-hybridized carbons (Fsp3) is 0.533. The summed E-state index contributed by atoms with van der Waals surface area (Å²) in [5.74, 6) is 0.979. The van der Waals surface area contributed by atoms with E-state index in [0.29, 0.717) is 13.1 Å². The van der Waals surface area contributed by atoms with Gasteiger partial charge < -0.3 is 10.6 Å². The molecule has 0 saturated carbocycles. The zero-order valence-corrected chi connectivity index (χ0v) is 12.9. The van der Waals surface area contributed by atoms with Crippen LogP contribution in [0.4, 0.5) is 0 Å². The average Bonchev–Trinajstić information content (AvgIpc) is 2.41. The van der Waals surface area contributed by atoms with Gasteiger partial charge in [-0.05, 0) is 37.8 Å². The van der Waals surface area contributed by atoms with E-state index >= 15 is 0 Å². The summed E-state index contributed by atoms with van der Waals surface area (Å²) in [7, 11) is 0. The van der Waals surface area contributed by atoms with Crippen LogP contribution in [0.3, 0.4) is 0 Å². The second-order valence-corrected chi connectivity index (χ2v) is 5.72. The first kappa shape index (κ1) is 16.1. The molecule has 2 N–H and O–H groups in total. The lowest BCUT2D eigenvalue weighted by Crippen LogP contribution is -2.43. The smallest absolute Gasteiger partial charge is 0.239 e. The maximum Gasteiger partial charge on any atom is 0.239 e. The van der Waals surface area contributed by atoms with Crippen LogP contribution in [0.25, 0.3) is 0 Å². The first-order valence-electron chi connectivity index (χ1n) is 6.67. The van der Waals surface area contributed by atoms with Gasteiger partial charge in [0.05, 0.1) is 6.04 Å². The molecular formula is C15H24N2OS. The van der Waals surface area contributed by atoms with E-state index in [1.54, 1.807) is 11.8 Å². The quantitative estimate of drug-likeness (QED) is 0.834. The number of rotatable bonds is 7. The molecule has 0 unspecified atom stereocenters. The van der Waals surface area contributed by atoms with Gasteiger partial charge in [0.15, 0.2) is 0 Å². The molecule has 106 valence electrons. The molecule has 1 aromatic carbocycles. The number of benzene rings is 1. The lowest BCUT2D eigenvalue weighted by Gasteiger charge is -2.24. The van der Waals surface area contributed by atoms with Gasteiger partial charge in [-0.1, -0.05) is 29.8 Å². The van der Waals surface area contributed by atoms with E-state index < -0.39 is 0 Å². The van der Waals surface area contributed by atoms with Crippen LogP contribution < -0.4 is 5.73 Å². The van der Waals surface area contributed by atoms with Crippen LogP contribution in [-0.4, -0.2) is 35.4 Å². The van der Waals surface area contributed by atoms with Crippen molar-refractivity contribution in [1.82, 2.24) is 4.90 Å². The minimum absolute atomic E-state index is 0.0538. The standard InChI is InChI=1S/C15H24N2OS/c1-4-17(15(18)14(16)8-9-19-3)11-13-7-5-6-12(2)10-13/h5-7,10,14H,4,8-9,11,16H2,1-3H3/t14-/m1/s1. The first-order chi connectivity index (χ1) is 9.08. The molecule has 0 aliphatic rings. The molecule has 4 heteroatoms. The van der Waals surface area contributed by atoms with Crippen LogP contribution >= 0.6 is 11.8 Å². The second-order valence-electron chi connectivity index (χ2n) is 4.73. The van der Waals surface area contributed by atoms with Crippen LogP contribution in [-0.2, 0) is 11.3 Å². The van der Waals surface area contributed by atoms with Gasteiger partial charge in [-0.25, -0.2) is 0 Å². The topological polar surface area (TPSA) is 46.3 Å². The van der Waals surface area contributed by atoms with Gasteiger partial charge in [0, 0.05) is 13.1 Å². The molecule has 0 bridgehead atoms. The maximum atomic E-state index is 12.3. The highest BCUT2D eigenvalue weighted by molar-refractivity contribution is 7.98. The van der Waals surface area contributed by atoms with Gasteiger partial charge in [-0.15, -0.1) is 0 Å². The van der Waals surface area contributed by atoms with E-state index in [2.05, 4.69) is 25.1 Å². The number of likely N-dealkylation sites (N-methyl/N-ethyl adjacent to an activating group) is 1. The molecule has 19 heavy (non-hydrogen) atoms. The van der Waals surface area contributed by atoms with Crippen LogP contribution in [0.1, 0.15) is 24.5 Å². The van der Waals surface area contributed by atoms with Crippen molar-refractivity contribution < 1.29 is 4.79 Å². The van der Waals surface area contributed by atoms with Gasteiger partial charge in [0.2, 0.25) is 5.91 Å². The van der Waals surface area contributed by atoms with Gasteiger partial charge in [-0.3, -0.25) is 4.79 Å². The van der Waals surface area contributed by atoms with Gasteiger partial charge in [0.25, 0.3) is 0 Å². The summed E-state index contributed by atoms with van der Waals surface area (Å²) in [5.41, 5.74) is 8.33. The largest absolute Gasteiger partial charge is 0.337 e. The highest BCUT2D eigenvalue weighted by Crippen LogP contribution is 2.10. The van der Waals surface area contributed by atoms with Gasteiger partial charge in [-0.2, -0.15) is 11.8 Å². The molecule has 0 spiro atoms. The fourth-order valence-corrected chi connectivity index (χ4v) is 2.47. The molecule has 0 aromatic heterocycles. The van der Waals surface area contributed by atoms with Crippen molar-refractivity contribution >= 4 is 17.7 Å². The van der Waals surface area contributed by atoms with Crippen LogP contribution in [0.2, 0.25) is 0 Å². The molecule has 3 nitrogen and oxygen atoms in total. The summed E-state index contributed by atoms with van der Waals surface area (Å²) in [4.78, 5) is 14.1. The molecule has 1 atom stereocenters. The van der Waals surface area contributed by atoms with Crippen LogP contribution in [0, 0.1) is 6.92 Å². The Morgan fingerprint density at radius 3 is 2.79 bits per heavy atom. The Bertz CT molecular complexity index is 409. The third-order valence-electron chi connectivity index (χ3n) is 3.10. The Balaban J connectivity index is 2.64. The molecule has 0 aliphatic carbocycles. The number of hydrogen-bond acceptors (Lipinski definition) is 3. The van der Waals surface area contributed by atoms with Crippen molar-refractivity contribution in [3.63, 3.8) is 0 Å². The van der Waals surface area contributed by atoms with Gasteiger partial charge in [0.1, 0.15) is 0 Å². The molecule has 0 saturated heterocycles. The van der Waals surface area contributed by atoms with Crippen molar-refractivity contribution in [3.05, 3.63) is 35.4 Å². The summed E-state index contributed by atoms with van der Waals surface area (Å²) in [6.07, 6.45) is 2.77. The number of amides is 1. The Hall–Kier alpha value is -1.00. The number of carbonyl (C=O) groups excluding carboxylic acids is 1. The molecule has 0 fully saturated rings. The lowest BCUT2D eigenvalue weighted by molar-refractivity contribution is -0.133. The Kier molecular flexibility index (Phi) is 6.95. The zero-order chi connectivity index (χ0) is 14.3. The van der Waals surface area contributed by atoms with Crippen molar-refractivity contribution in [2.24, 2.45) is 5.73 Å². The Morgan fingerprint density at radius 1 is 1.47 bits per heavy atom. The molecule has 0 aliphatic heterocycles. The number of thioether (sulfide) groups is 1. The molecular weight excluding hydrogens is 256 g/mol. The van der Waals surface area contributed by atoms with E-state index in [4.69, 9.17) is 5.73 Å². The summed E-state index contributed by atoms with van der Waals surface area (Å²) in [6.45, 7) is 5.39. The molecule has 0 radical (unpaired) electrons. The SMILES string of the molecule is CCN(Cc1cccc(C)c1)C(=O)[C@H](N)CCSC. The first-order valence-corrected chi connectivity index (χ1v) is 8.06. The van der Waals surface area contributed by atoms with E-state index in [1.807, 2.05) is 24.1 Å². The monoisotopic (exact) mass is 280 g/mol. The highest BCUT2D eigenvalue weighted by Gasteiger charge is 2.19. The normalized spacial score (nSPS) is 12.2. The minimum atomic E-state index is -0.378. The number of nitrogens with zero attached hydrogens (tertiary/aromatic N) is 1. The number of aryl methyl sites for hydroxylation is 1. The van der Waals surface area contributed by atoms with E-state index in [9.17, 15) is 4.79 Å². The third-order valence-corrected chi connectivity index (χ3v) is 3.74. The van der Waals surface area contributed by atoms with Crippen LogP contribution in [0.5, 0.6) is 0 Å². The van der Waals surface area contributed by atoms with E-state index in [-0.39, 0.29) is 11.9 Å². The van der Waals surface area contributed by atoms with Crippen molar-refractivity contribution in [3.8, 4) is 0 Å². The van der Waals surface area contributed by atoms with Crippen LogP contribution in [0.15, 0.2) is 24.3 Å². The Labute approximate surface area is 120 Å². The minimum Gasteiger partial charge on any atom is -0.337 e. The maximum absolute atomic E-state index is 12.3. The van der Waals surface area contributed by atoms with E-state index in [1.165, 1.54) is 5.56 Å². The predicted molar refractivity (Wildman–Crippen MR) is 83.2 cm³/mol. The second kappa shape index (κ2) is 8.23. The number of carbonyl (C=O) groups is 1. The zero-order valence-electron chi connectivity index (χ0n) is 12.1. The summed E-state index contributed by atoms with van der Waals surface area (Å²) in [6, 6.07) is 7.87. The highest BCUT2D eigenvalue weighted by atomic mass is 32.2. The molecule has 1 aromatic rings. The molecule has 0 heterocycles. The van der Waals surface area contributed by atoms with Gasteiger partial charge >= 0.3 is 0 Å². The Morgan fingerprint density at radius 2 is 2.21 bits per heavy atom. The molecule has 1 rings (SSSR count). The summed E-state index contributed by atoms with van der Waals surface area (Å²) in [5, 5.41) is 0. The van der Waals surface area contributed by atoms with Crippen molar-refractivity contribution in [1.29, 1.82) is 0 Å². The predicted octanol–water partition coefficient (Wildman–Crippen LogP) is 2.42. The number of hydrogen-bond donors (Lipinski definition) is 1. The summed E-state index contributed by atoms with van der Waals surface area (Å²) < 4.78 is 0. The van der Waals surface area contributed by atoms with E-state index in [0.717, 1.165) is 17.7 Å². The lowest BCUT2D eigenvalue weighted by atomic mass is 10.1. The number of nitrogens with two attached hydrogens (primary N) is 1. The molecule has 1 amide bonds. The third kappa shape index (κ3) is 5.25. The summed E-state index contributed by atoms with van der Waals surface area (Å²) >= 11 is 1.72. The average molecular weight is 280 g/mol. The van der Waals surface area contributed by atoms with Crippen molar-refractivity contribution in [2.45, 2.75) is 32.9 Å².